The zero-order chi connectivity index (χ0) is 36.3. The molecule has 0 heterocycles. The minimum atomic E-state index is -4.48. The van der Waals surface area contributed by atoms with Crippen LogP contribution in [0, 0.1) is 5.92 Å². The van der Waals surface area contributed by atoms with Gasteiger partial charge in [-0.1, -0.05) is 188 Å². The first-order valence-corrected chi connectivity index (χ1v) is 22.5. The number of phosphoric ester groups is 1. The number of carbonyl (C=O) groups excluding carboxylic acids is 1. The van der Waals surface area contributed by atoms with Crippen molar-refractivity contribution in [3.63, 3.8) is 0 Å². The number of carbonyl (C=O) groups is 1. The van der Waals surface area contributed by atoms with Crippen LogP contribution < -0.4 is 5.73 Å². The molecule has 0 bridgehead atoms. The summed E-state index contributed by atoms with van der Waals surface area (Å²) in [5, 5.41) is 0. The van der Waals surface area contributed by atoms with Gasteiger partial charge in [-0.05, 0) is 26.2 Å². The summed E-state index contributed by atoms with van der Waals surface area (Å²) in [6, 6.07) is 0. The molecular weight excluding hydrogens is 637 g/mol. The molecule has 3 unspecified atom stereocenters. The van der Waals surface area contributed by atoms with Crippen LogP contribution in [0.3, 0.4) is 0 Å². The third kappa shape index (κ3) is 31.9. The molecule has 0 aromatic carbocycles. The van der Waals surface area contributed by atoms with E-state index in [-0.39, 0.29) is 19.1 Å². The van der Waals surface area contributed by atoms with Gasteiger partial charge in [0.15, 0.2) is 0 Å². The van der Waals surface area contributed by atoms with Crippen LogP contribution in [0.1, 0.15) is 214 Å². The summed E-state index contributed by atoms with van der Waals surface area (Å²) in [6.07, 6.45) is 33.3. The van der Waals surface area contributed by atoms with Crippen LogP contribution in [0.4, 0.5) is 0 Å². The van der Waals surface area contributed by atoms with Crippen LogP contribution in [0.15, 0.2) is 0 Å². The number of rotatable bonds is 39. The molecule has 294 valence electrons. The Balaban J connectivity index is 4.51. The third-order valence-electron chi connectivity index (χ3n) is 9.48. The van der Waals surface area contributed by atoms with E-state index >= 15 is 0 Å². The second-order valence-electron chi connectivity index (χ2n) is 14.3. The normalized spacial score (nSPS) is 14.8. The molecule has 0 fully saturated rings. The maximum atomic E-state index is 13.3. The maximum Gasteiger partial charge on any atom is 0.475 e. The monoisotopic (exact) mass is 720 g/mol. The molecule has 0 amide bonds. The minimum absolute atomic E-state index is 0.0706. The standard InChI is InChI=1S/C40H82NO7P/c1-5-8-10-12-14-16-18-20-21-23-25-27-29-31-35-45-37(4)40(48-49(43,44)46-36-34-41)47-39(42)38(32-7-3)33-30-28-26-24-22-19-17-15-13-11-9-6-2/h37-38,40H,5-36,41H2,1-4H3,(H,43,44)/t37-,38?,40?/m0/s1. The van der Waals surface area contributed by atoms with Gasteiger partial charge in [0.2, 0.25) is 6.29 Å². The second-order valence-corrected chi connectivity index (χ2v) is 15.7. The van der Waals surface area contributed by atoms with E-state index in [4.69, 9.17) is 24.3 Å². The number of unbranched alkanes of at least 4 members (excludes halogenated alkanes) is 24. The van der Waals surface area contributed by atoms with Crippen LogP contribution in [0.2, 0.25) is 0 Å². The van der Waals surface area contributed by atoms with Crippen molar-refractivity contribution in [1.82, 2.24) is 0 Å². The van der Waals surface area contributed by atoms with Crippen molar-refractivity contribution in [2.24, 2.45) is 11.7 Å². The highest BCUT2D eigenvalue weighted by molar-refractivity contribution is 7.47. The van der Waals surface area contributed by atoms with Crippen LogP contribution in [-0.4, -0.2) is 43.0 Å². The molecule has 9 heteroatoms. The molecule has 0 aliphatic heterocycles. The first kappa shape index (κ1) is 48.5. The van der Waals surface area contributed by atoms with Crippen molar-refractivity contribution in [3.05, 3.63) is 0 Å². The van der Waals surface area contributed by atoms with E-state index in [0.29, 0.717) is 13.0 Å². The molecule has 49 heavy (non-hydrogen) atoms. The fraction of sp³-hybridized carbons (Fsp3) is 0.975. The molecule has 0 aliphatic rings. The fourth-order valence-corrected chi connectivity index (χ4v) is 7.22. The molecule has 0 saturated carbocycles. The molecular formula is C40H82NO7P. The van der Waals surface area contributed by atoms with E-state index in [0.717, 1.165) is 38.5 Å². The average Bonchev–Trinajstić information content (AvgIpc) is 3.08. The predicted octanol–water partition coefficient (Wildman–Crippen LogP) is 12.3. The van der Waals surface area contributed by atoms with Crippen molar-refractivity contribution in [1.29, 1.82) is 0 Å². The summed E-state index contributed by atoms with van der Waals surface area (Å²) in [6.45, 7) is 8.69. The second kappa shape index (κ2) is 35.9. The van der Waals surface area contributed by atoms with E-state index in [9.17, 15) is 14.3 Å². The highest BCUT2D eigenvalue weighted by atomic mass is 31.2. The van der Waals surface area contributed by atoms with Gasteiger partial charge < -0.3 is 20.1 Å². The van der Waals surface area contributed by atoms with Gasteiger partial charge in [0, 0.05) is 13.2 Å². The van der Waals surface area contributed by atoms with Crippen molar-refractivity contribution in [2.45, 2.75) is 226 Å². The van der Waals surface area contributed by atoms with Crippen molar-refractivity contribution in [2.75, 3.05) is 19.8 Å². The molecule has 0 aromatic heterocycles. The molecule has 0 aliphatic carbocycles. The molecule has 0 rings (SSSR count). The molecule has 4 atom stereocenters. The Morgan fingerprint density at radius 2 is 1.00 bits per heavy atom. The van der Waals surface area contributed by atoms with Gasteiger partial charge >= 0.3 is 13.8 Å². The van der Waals surface area contributed by atoms with Crippen LogP contribution in [0.25, 0.3) is 0 Å². The summed E-state index contributed by atoms with van der Waals surface area (Å²) in [4.78, 5) is 23.6. The van der Waals surface area contributed by atoms with Crippen molar-refractivity contribution >= 4 is 13.8 Å². The molecule has 0 aromatic rings. The van der Waals surface area contributed by atoms with Crippen LogP contribution in [0.5, 0.6) is 0 Å². The van der Waals surface area contributed by atoms with E-state index in [2.05, 4.69) is 20.8 Å². The summed E-state index contributed by atoms with van der Waals surface area (Å²) in [5.41, 5.74) is 5.45. The smallest absolute Gasteiger partial charge is 0.432 e. The molecule has 0 spiro atoms. The number of nitrogens with two attached hydrogens (primary N) is 1. The SMILES string of the molecule is CCCCCCCCCCCCCCCCO[C@@H](C)C(OC(=O)C(CCC)CCCCCCCCCCCCCC)OP(=O)(O)OCCN. The Morgan fingerprint density at radius 1 is 0.592 bits per heavy atom. The molecule has 0 saturated heterocycles. The number of phosphoric acid groups is 1. The molecule has 3 N–H and O–H groups in total. The minimum Gasteiger partial charge on any atom is -0.432 e. The number of hydrogen-bond donors (Lipinski definition) is 2. The third-order valence-corrected chi connectivity index (χ3v) is 10.5. The van der Waals surface area contributed by atoms with Gasteiger partial charge in [0.25, 0.3) is 0 Å². The number of esters is 1. The lowest BCUT2D eigenvalue weighted by Gasteiger charge is -2.27. The summed E-state index contributed by atoms with van der Waals surface area (Å²) >= 11 is 0. The lowest BCUT2D eigenvalue weighted by Crippen LogP contribution is -2.36. The lowest BCUT2D eigenvalue weighted by atomic mass is 9.96. The number of ether oxygens (including phenoxy) is 2. The van der Waals surface area contributed by atoms with E-state index in [1.807, 2.05) is 0 Å². The largest absolute Gasteiger partial charge is 0.475 e. The fourth-order valence-electron chi connectivity index (χ4n) is 6.35. The zero-order valence-electron chi connectivity index (χ0n) is 32.8. The Morgan fingerprint density at radius 3 is 1.41 bits per heavy atom. The van der Waals surface area contributed by atoms with Crippen LogP contribution in [-0.2, 0) is 27.9 Å². The Kier molecular flexibility index (Phi) is 35.5. The van der Waals surface area contributed by atoms with Gasteiger partial charge in [-0.25, -0.2) is 9.09 Å². The van der Waals surface area contributed by atoms with Crippen molar-refractivity contribution < 1.29 is 32.8 Å². The van der Waals surface area contributed by atoms with E-state index in [1.54, 1.807) is 6.92 Å². The number of hydrogen-bond acceptors (Lipinski definition) is 7. The maximum absolute atomic E-state index is 13.3. The Bertz CT molecular complexity index is 756. The predicted molar refractivity (Wildman–Crippen MR) is 206 cm³/mol. The Hall–Kier alpha value is -0.500. The molecule has 0 radical (unpaired) electrons. The zero-order valence-corrected chi connectivity index (χ0v) is 33.7. The summed E-state index contributed by atoms with van der Waals surface area (Å²) in [7, 11) is -4.48. The van der Waals surface area contributed by atoms with E-state index < -0.39 is 26.2 Å². The topological polar surface area (TPSA) is 117 Å². The quantitative estimate of drug-likeness (QED) is 0.0279. The highest BCUT2D eigenvalue weighted by Gasteiger charge is 2.35. The van der Waals surface area contributed by atoms with Gasteiger partial charge in [-0.2, -0.15) is 0 Å². The summed E-state index contributed by atoms with van der Waals surface area (Å²) < 4.78 is 34.6. The van der Waals surface area contributed by atoms with Gasteiger partial charge in [0.05, 0.1) is 12.5 Å². The highest BCUT2D eigenvalue weighted by Crippen LogP contribution is 2.45. The van der Waals surface area contributed by atoms with E-state index in [1.165, 1.54) is 141 Å². The lowest BCUT2D eigenvalue weighted by molar-refractivity contribution is -0.192. The first-order chi connectivity index (χ1) is 23.8. The average molecular weight is 720 g/mol. The van der Waals surface area contributed by atoms with Crippen molar-refractivity contribution in [3.8, 4) is 0 Å². The van der Waals surface area contributed by atoms with Gasteiger partial charge in [-0.15, -0.1) is 0 Å². The van der Waals surface area contributed by atoms with Gasteiger partial charge in [-0.3, -0.25) is 9.32 Å². The Labute approximate surface area is 303 Å². The molecule has 8 nitrogen and oxygen atoms in total. The van der Waals surface area contributed by atoms with Crippen LogP contribution >= 0.6 is 7.82 Å². The summed E-state index contributed by atoms with van der Waals surface area (Å²) in [5.74, 6) is -0.680. The first-order valence-electron chi connectivity index (χ1n) is 21.0. The van der Waals surface area contributed by atoms with Gasteiger partial charge in [0.1, 0.15) is 6.10 Å².